The highest BCUT2D eigenvalue weighted by Gasteiger charge is 2.41. The van der Waals surface area contributed by atoms with Crippen LogP contribution in [-0.4, -0.2) is 31.3 Å². The number of methoxy groups -OCH3 is 1. The van der Waals surface area contributed by atoms with E-state index in [9.17, 15) is 9.90 Å². The lowest BCUT2D eigenvalue weighted by molar-refractivity contribution is -0.130. The van der Waals surface area contributed by atoms with Crippen molar-refractivity contribution in [3.8, 4) is 5.75 Å². The Labute approximate surface area is 184 Å². The minimum absolute atomic E-state index is 0.0183. The zero-order valence-electron chi connectivity index (χ0n) is 16.8. The summed E-state index contributed by atoms with van der Waals surface area (Å²) in [6, 6.07) is 15.5. The smallest absolute Gasteiger partial charge is 0.231 e. The van der Waals surface area contributed by atoms with Crippen molar-refractivity contribution in [3.05, 3.63) is 74.1 Å². The molecule has 1 aromatic carbocycles. The van der Waals surface area contributed by atoms with E-state index in [1.165, 1.54) is 22.7 Å². The van der Waals surface area contributed by atoms with Gasteiger partial charge in [0.05, 0.1) is 19.1 Å². The van der Waals surface area contributed by atoms with Crippen molar-refractivity contribution in [2.24, 2.45) is 0 Å². The Morgan fingerprint density at radius 2 is 1.93 bits per heavy atom. The van der Waals surface area contributed by atoms with Crippen LogP contribution in [0.25, 0.3) is 0 Å². The summed E-state index contributed by atoms with van der Waals surface area (Å²) < 4.78 is 10.8. The normalized spacial score (nSPS) is 16.7. The topological polar surface area (TPSA) is 67.8 Å². The quantitative estimate of drug-likeness (QED) is 0.572. The number of carbonyl (C=O) groups excluding carboxylic acids is 1. The van der Waals surface area contributed by atoms with Gasteiger partial charge in [-0.3, -0.25) is 4.79 Å². The molecule has 0 saturated carbocycles. The van der Waals surface area contributed by atoms with E-state index in [4.69, 9.17) is 9.47 Å². The Balaban J connectivity index is 1.47. The van der Waals surface area contributed by atoms with Gasteiger partial charge in [-0.05, 0) is 54.1 Å². The zero-order chi connectivity index (χ0) is 21.0. The fourth-order valence-corrected chi connectivity index (χ4v) is 5.60. The maximum absolute atomic E-state index is 13.3. The third kappa shape index (κ3) is 4.30. The number of rotatable bonds is 7. The molecule has 0 radical (unpaired) electrons. The molecule has 1 amide bonds. The second kappa shape index (κ2) is 9.31. The molecule has 1 saturated heterocycles. The molecule has 0 aliphatic carbocycles. The molecule has 0 spiro atoms. The van der Waals surface area contributed by atoms with Gasteiger partial charge in [0.15, 0.2) is 0 Å². The van der Waals surface area contributed by atoms with Crippen molar-refractivity contribution in [3.63, 3.8) is 0 Å². The number of hydrogen-bond acceptors (Lipinski definition) is 6. The van der Waals surface area contributed by atoms with Crippen LogP contribution in [-0.2, 0) is 21.5 Å². The number of hydrogen-bond donors (Lipinski definition) is 2. The second-order valence-corrected chi connectivity index (χ2v) is 9.51. The molecule has 1 aliphatic rings. The van der Waals surface area contributed by atoms with Crippen molar-refractivity contribution in [2.45, 2.75) is 30.9 Å². The molecule has 1 fully saturated rings. The van der Waals surface area contributed by atoms with Gasteiger partial charge in [0.1, 0.15) is 11.9 Å². The SMILES string of the molecule is COc1ccc(C2(C(=O)NCc3ccc(C(O)c4cccs4)s3)CCOCC2)cc1. The van der Waals surface area contributed by atoms with Gasteiger partial charge >= 0.3 is 0 Å². The molecule has 2 aromatic heterocycles. The standard InChI is InChI=1S/C23H25NO4S2/c1-27-17-6-4-16(5-7-17)23(10-12-28-13-11-23)22(26)24-15-18-8-9-20(30-18)21(25)19-3-2-14-29-19/h2-9,14,21,25H,10-13,15H2,1H3,(H,24,26). The first-order chi connectivity index (χ1) is 14.6. The van der Waals surface area contributed by atoms with Gasteiger partial charge in [-0.2, -0.15) is 0 Å². The number of nitrogens with one attached hydrogen (secondary N) is 1. The fourth-order valence-electron chi connectivity index (χ4n) is 3.84. The summed E-state index contributed by atoms with van der Waals surface area (Å²) in [6.45, 7) is 1.57. The Morgan fingerprint density at radius 1 is 1.17 bits per heavy atom. The van der Waals surface area contributed by atoms with Gasteiger partial charge in [0, 0.05) is 27.8 Å². The Kier molecular flexibility index (Phi) is 6.53. The Hall–Kier alpha value is -2.19. The van der Waals surface area contributed by atoms with E-state index in [-0.39, 0.29) is 5.91 Å². The highest BCUT2D eigenvalue weighted by atomic mass is 32.1. The Morgan fingerprint density at radius 3 is 2.60 bits per heavy atom. The van der Waals surface area contributed by atoms with Crippen molar-refractivity contribution < 1.29 is 19.4 Å². The highest BCUT2D eigenvalue weighted by molar-refractivity contribution is 7.12. The molecule has 5 nitrogen and oxygen atoms in total. The van der Waals surface area contributed by atoms with Crippen LogP contribution in [0.4, 0.5) is 0 Å². The van der Waals surface area contributed by atoms with E-state index >= 15 is 0 Å². The first-order valence-electron chi connectivity index (χ1n) is 9.93. The van der Waals surface area contributed by atoms with E-state index in [1.807, 2.05) is 53.9 Å². The fraction of sp³-hybridized carbons (Fsp3) is 0.348. The number of amides is 1. The second-order valence-electron chi connectivity index (χ2n) is 7.33. The van der Waals surface area contributed by atoms with E-state index in [2.05, 4.69) is 5.32 Å². The van der Waals surface area contributed by atoms with Gasteiger partial charge in [0.25, 0.3) is 0 Å². The summed E-state index contributed by atoms with van der Waals surface area (Å²) in [6.07, 6.45) is 0.691. The summed E-state index contributed by atoms with van der Waals surface area (Å²) in [7, 11) is 1.64. The minimum Gasteiger partial charge on any atom is -0.497 e. The first-order valence-corrected chi connectivity index (χ1v) is 11.6. The van der Waals surface area contributed by atoms with Crippen LogP contribution >= 0.6 is 22.7 Å². The van der Waals surface area contributed by atoms with Crippen molar-refractivity contribution >= 4 is 28.6 Å². The van der Waals surface area contributed by atoms with Crippen LogP contribution in [0.3, 0.4) is 0 Å². The third-order valence-corrected chi connectivity index (χ3v) is 7.67. The van der Waals surface area contributed by atoms with Crippen LogP contribution in [0.5, 0.6) is 5.75 Å². The molecule has 30 heavy (non-hydrogen) atoms. The molecule has 3 aromatic rings. The zero-order valence-corrected chi connectivity index (χ0v) is 18.4. The molecular formula is C23H25NO4S2. The Bertz CT molecular complexity index is 960. The molecule has 3 heterocycles. The van der Waals surface area contributed by atoms with Gasteiger partial charge in [0.2, 0.25) is 5.91 Å². The molecule has 1 aliphatic heterocycles. The number of aliphatic hydroxyl groups excluding tert-OH is 1. The lowest BCUT2D eigenvalue weighted by atomic mass is 9.73. The van der Waals surface area contributed by atoms with E-state index in [0.29, 0.717) is 32.6 Å². The van der Waals surface area contributed by atoms with E-state index in [0.717, 1.165) is 25.9 Å². The van der Waals surface area contributed by atoms with Gasteiger partial charge in [-0.15, -0.1) is 22.7 Å². The number of carbonyl (C=O) groups is 1. The van der Waals surface area contributed by atoms with Gasteiger partial charge in [-0.1, -0.05) is 18.2 Å². The van der Waals surface area contributed by atoms with Crippen molar-refractivity contribution in [1.82, 2.24) is 5.32 Å². The van der Waals surface area contributed by atoms with Crippen molar-refractivity contribution in [1.29, 1.82) is 0 Å². The maximum atomic E-state index is 13.3. The van der Waals surface area contributed by atoms with E-state index < -0.39 is 11.5 Å². The molecule has 7 heteroatoms. The number of benzene rings is 1. The summed E-state index contributed by atoms with van der Waals surface area (Å²) in [5.41, 5.74) is 0.394. The average Bonchev–Trinajstić information content (AvgIpc) is 3.50. The van der Waals surface area contributed by atoms with Gasteiger partial charge < -0.3 is 19.9 Å². The van der Waals surface area contributed by atoms with E-state index in [1.54, 1.807) is 7.11 Å². The van der Waals surface area contributed by atoms with Crippen LogP contribution in [0.15, 0.2) is 53.9 Å². The summed E-state index contributed by atoms with van der Waals surface area (Å²) in [5.74, 6) is 0.793. The largest absolute Gasteiger partial charge is 0.497 e. The summed E-state index contributed by atoms with van der Waals surface area (Å²) >= 11 is 3.07. The number of aliphatic hydroxyl groups is 1. The number of ether oxygens (including phenoxy) is 2. The molecule has 1 atom stereocenters. The van der Waals surface area contributed by atoms with Crippen LogP contribution in [0.2, 0.25) is 0 Å². The van der Waals surface area contributed by atoms with Crippen LogP contribution in [0.1, 0.15) is 39.1 Å². The van der Waals surface area contributed by atoms with Crippen LogP contribution in [0, 0.1) is 0 Å². The van der Waals surface area contributed by atoms with Crippen molar-refractivity contribution in [2.75, 3.05) is 20.3 Å². The number of thiophene rings is 2. The molecule has 2 N–H and O–H groups in total. The predicted molar refractivity (Wildman–Crippen MR) is 119 cm³/mol. The molecule has 4 rings (SSSR count). The first kappa shape index (κ1) is 21.1. The minimum atomic E-state index is -0.611. The average molecular weight is 444 g/mol. The van der Waals surface area contributed by atoms with Gasteiger partial charge in [-0.25, -0.2) is 0 Å². The molecular weight excluding hydrogens is 418 g/mol. The van der Waals surface area contributed by atoms with Crippen LogP contribution < -0.4 is 10.1 Å². The third-order valence-electron chi connectivity index (χ3n) is 5.61. The highest BCUT2D eigenvalue weighted by Crippen LogP contribution is 2.36. The lowest BCUT2D eigenvalue weighted by Gasteiger charge is -2.36. The summed E-state index contributed by atoms with van der Waals surface area (Å²) in [4.78, 5) is 16.2. The maximum Gasteiger partial charge on any atom is 0.231 e. The monoisotopic (exact) mass is 443 g/mol. The predicted octanol–water partition coefficient (Wildman–Crippen LogP) is 4.26. The molecule has 158 valence electrons. The lowest BCUT2D eigenvalue weighted by Crippen LogP contribution is -2.47. The molecule has 1 unspecified atom stereocenters. The molecule has 0 bridgehead atoms. The summed E-state index contributed by atoms with van der Waals surface area (Å²) in [5, 5.41) is 15.6.